The number of carbonyl (C=O) groups excluding carboxylic acids is 1. The molecule has 0 aromatic heterocycles. The van der Waals surface area contributed by atoms with Gasteiger partial charge < -0.3 is 14.9 Å². The van der Waals surface area contributed by atoms with E-state index in [0.29, 0.717) is 19.5 Å². The molecule has 1 aliphatic carbocycles. The third kappa shape index (κ3) is 2.96. The fourth-order valence-corrected chi connectivity index (χ4v) is 3.05. The Balaban J connectivity index is 2.19. The van der Waals surface area contributed by atoms with E-state index in [1.165, 1.54) is 9.80 Å². The highest BCUT2D eigenvalue weighted by atomic mass is 19.4. The Morgan fingerprint density at radius 2 is 1.95 bits per heavy atom. The molecule has 2 rings (SSSR count). The van der Waals surface area contributed by atoms with Crippen LogP contribution in [0.15, 0.2) is 0 Å². The maximum atomic E-state index is 13.1. The highest BCUT2D eigenvalue weighted by molar-refractivity contribution is 5.75. The molecule has 1 N–H and O–H groups in total. The van der Waals surface area contributed by atoms with E-state index in [-0.39, 0.29) is 25.3 Å². The van der Waals surface area contributed by atoms with Crippen LogP contribution in [0.5, 0.6) is 0 Å². The van der Waals surface area contributed by atoms with Crippen LogP contribution in [-0.4, -0.2) is 59.4 Å². The summed E-state index contributed by atoms with van der Waals surface area (Å²) in [6.45, 7) is 0.911. The smallest absolute Gasteiger partial charge is 0.393 e. The number of carbonyl (C=O) groups is 1. The number of aliphatic hydroxyl groups excluding tert-OH is 1. The number of hydrogen-bond acceptors (Lipinski definition) is 2. The maximum Gasteiger partial charge on any atom is 0.393 e. The first-order chi connectivity index (χ1) is 8.80. The normalized spacial score (nSPS) is 33.7. The first-order valence-electron chi connectivity index (χ1n) is 6.57. The van der Waals surface area contributed by atoms with Crippen LogP contribution in [0, 0.1) is 5.92 Å². The standard InChI is InChI=1S/C12H19F3N2O2/c1-16-5-2-6-17(11(16)19)10-7-8(18)3-4-9(10)12(13,14)15/h8-10,18H,2-7H2,1H3. The van der Waals surface area contributed by atoms with Gasteiger partial charge in [0.05, 0.1) is 12.0 Å². The van der Waals surface area contributed by atoms with Crippen LogP contribution in [0.4, 0.5) is 18.0 Å². The van der Waals surface area contributed by atoms with E-state index in [1.54, 1.807) is 7.05 Å². The van der Waals surface area contributed by atoms with Crippen LogP contribution in [0.1, 0.15) is 25.7 Å². The Morgan fingerprint density at radius 1 is 1.26 bits per heavy atom. The molecule has 3 atom stereocenters. The van der Waals surface area contributed by atoms with Gasteiger partial charge in [-0.3, -0.25) is 0 Å². The van der Waals surface area contributed by atoms with Gasteiger partial charge in [-0.05, 0) is 25.7 Å². The molecule has 0 radical (unpaired) electrons. The number of aliphatic hydroxyl groups is 1. The maximum absolute atomic E-state index is 13.1. The third-order valence-corrected chi connectivity index (χ3v) is 4.07. The lowest BCUT2D eigenvalue weighted by molar-refractivity contribution is -0.202. The summed E-state index contributed by atoms with van der Waals surface area (Å²) in [5.41, 5.74) is 0. The van der Waals surface area contributed by atoms with E-state index < -0.39 is 24.2 Å². The Kier molecular flexibility index (Phi) is 3.94. The number of halogens is 3. The molecule has 0 spiro atoms. The lowest BCUT2D eigenvalue weighted by Crippen LogP contribution is -2.58. The molecule has 1 saturated carbocycles. The van der Waals surface area contributed by atoms with Crippen LogP contribution < -0.4 is 0 Å². The Labute approximate surface area is 110 Å². The SMILES string of the molecule is CN1CCCN(C2CC(O)CCC2C(F)(F)F)C1=O. The van der Waals surface area contributed by atoms with Crippen LogP contribution in [0.3, 0.4) is 0 Å². The Bertz CT molecular complexity index is 348. The van der Waals surface area contributed by atoms with Crippen molar-refractivity contribution in [3.05, 3.63) is 0 Å². The number of amides is 2. The minimum absolute atomic E-state index is 0.0176. The summed E-state index contributed by atoms with van der Waals surface area (Å²) < 4.78 is 39.2. The average Bonchev–Trinajstić information content (AvgIpc) is 2.31. The van der Waals surface area contributed by atoms with E-state index in [2.05, 4.69) is 0 Å². The Hall–Kier alpha value is -0.980. The van der Waals surface area contributed by atoms with Crippen molar-refractivity contribution in [2.24, 2.45) is 5.92 Å². The highest BCUT2D eigenvalue weighted by Crippen LogP contribution is 2.40. The molecule has 110 valence electrons. The fraction of sp³-hybridized carbons (Fsp3) is 0.917. The van der Waals surface area contributed by atoms with Crippen LogP contribution in [0.25, 0.3) is 0 Å². The van der Waals surface area contributed by atoms with Crippen LogP contribution >= 0.6 is 0 Å². The predicted molar refractivity (Wildman–Crippen MR) is 62.5 cm³/mol. The minimum Gasteiger partial charge on any atom is -0.393 e. The van der Waals surface area contributed by atoms with Gasteiger partial charge in [0.25, 0.3) is 0 Å². The number of urea groups is 1. The zero-order valence-electron chi connectivity index (χ0n) is 10.9. The quantitative estimate of drug-likeness (QED) is 0.796. The number of hydrogen-bond donors (Lipinski definition) is 1. The number of nitrogens with zero attached hydrogens (tertiary/aromatic N) is 2. The molecule has 0 aromatic rings. The molecule has 19 heavy (non-hydrogen) atoms. The summed E-state index contributed by atoms with van der Waals surface area (Å²) in [6, 6.07) is -1.29. The second-order valence-electron chi connectivity index (χ2n) is 5.43. The van der Waals surface area contributed by atoms with Gasteiger partial charge in [0.1, 0.15) is 0 Å². The van der Waals surface area contributed by atoms with Crippen molar-refractivity contribution < 1.29 is 23.1 Å². The van der Waals surface area contributed by atoms with Crippen LogP contribution in [-0.2, 0) is 0 Å². The number of rotatable bonds is 1. The summed E-state index contributed by atoms with van der Waals surface area (Å²) in [5, 5.41) is 9.63. The van der Waals surface area contributed by atoms with Crippen molar-refractivity contribution in [1.29, 1.82) is 0 Å². The third-order valence-electron chi connectivity index (χ3n) is 4.07. The summed E-state index contributed by atoms with van der Waals surface area (Å²) in [4.78, 5) is 14.7. The summed E-state index contributed by atoms with van der Waals surface area (Å²) in [7, 11) is 1.59. The van der Waals surface area contributed by atoms with E-state index in [0.717, 1.165) is 0 Å². The zero-order chi connectivity index (χ0) is 14.2. The first-order valence-corrected chi connectivity index (χ1v) is 6.57. The van der Waals surface area contributed by atoms with E-state index >= 15 is 0 Å². The lowest BCUT2D eigenvalue weighted by Gasteiger charge is -2.45. The summed E-state index contributed by atoms with van der Waals surface area (Å²) >= 11 is 0. The molecule has 0 bridgehead atoms. The van der Waals surface area contributed by atoms with Gasteiger partial charge in [-0.2, -0.15) is 13.2 Å². The van der Waals surface area contributed by atoms with E-state index in [9.17, 15) is 23.1 Å². The van der Waals surface area contributed by atoms with Gasteiger partial charge in [-0.25, -0.2) is 4.79 Å². The summed E-state index contributed by atoms with van der Waals surface area (Å²) in [5.74, 6) is -1.52. The average molecular weight is 280 g/mol. The van der Waals surface area contributed by atoms with Gasteiger partial charge in [0.2, 0.25) is 0 Å². The second kappa shape index (κ2) is 5.19. The largest absolute Gasteiger partial charge is 0.393 e. The molecule has 1 heterocycles. The fourth-order valence-electron chi connectivity index (χ4n) is 3.05. The summed E-state index contributed by atoms with van der Waals surface area (Å²) in [6.07, 6.45) is -4.34. The van der Waals surface area contributed by atoms with E-state index in [4.69, 9.17) is 0 Å². The number of alkyl halides is 3. The van der Waals surface area contributed by atoms with Gasteiger partial charge in [-0.15, -0.1) is 0 Å². The van der Waals surface area contributed by atoms with Crippen molar-refractivity contribution in [1.82, 2.24) is 9.80 Å². The van der Waals surface area contributed by atoms with Crippen molar-refractivity contribution in [3.8, 4) is 0 Å². The molecular formula is C12H19F3N2O2. The van der Waals surface area contributed by atoms with Crippen molar-refractivity contribution in [2.75, 3.05) is 20.1 Å². The second-order valence-corrected chi connectivity index (χ2v) is 5.43. The van der Waals surface area contributed by atoms with E-state index in [1.807, 2.05) is 0 Å². The molecule has 1 aliphatic heterocycles. The highest BCUT2D eigenvalue weighted by Gasteiger charge is 2.50. The lowest BCUT2D eigenvalue weighted by atomic mass is 9.81. The molecule has 7 heteroatoms. The predicted octanol–water partition coefficient (Wildman–Crippen LogP) is 1.84. The van der Waals surface area contributed by atoms with Gasteiger partial charge in [0, 0.05) is 26.2 Å². The topological polar surface area (TPSA) is 43.8 Å². The Morgan fingerprint density at radius 3 is 2.58 bits per heavy atom. The zero-order valence-corrected chi connectivity index (χ0v) is 10.9. The molecule has 2 amide bonds. The van der Waals surface area contributed by atoms with Gasteiger partial charge in [-0.1, -0.05) is 0 Å². The monoisotopic (exact) mass is 280 g/mol. The minimum atomic E-state index is -4.32. The molecule has 4 nitrogen and oxygen atoms in total. The van der Waals surface area contributed by atoms with Crippen LogP contribution in [0.2, 0.25) is 0 Å². The first kappa shape index (κ1) is 14.4. The van der Waals surface area contributed by atoms with Crippen molar-refractivity contribution in [3.63, 3.8) is 0 Å². The van der Waals surface area contributed by atoms with Crippen molar-refractivity contribution in [2.45, 2.75) is 44.0 Å². The molecule has 2 fully saturated rings. The molecule has 0 aromatic carbocycles. The van der Waals surface area contributed by atoms with Gasteiger partial charge >= 0.3 is 12.2 Å². The van der Waals surface area contributed by atoms with Gasteiger partial charge in [0.15, 0.2) is 0 Å². The molecular weight excluding hydrogens is 261 g/mol. The molecule has 3 unspecified atom stereocenters. The molecule has 1 saturated heterocycles. The molecule has 2 aliphatic rings. The van der Waals surface area contributed by atoms with Crippen molar-refractivity contribution >= 4 is 6.03 Å².